The minimum Gasteiger partial charge on any atom is -0.483 e. The van der Waals surface area contributed by atoms with Crippen LogP contribution in [0, 0.1) is 13.8 Å². The Labute approximate surface area is 174 Å². The molecule has 0 spiro atoms. The van der Waals surface area contributed by atoms with Crippen molar-refractivity contribution in [2.45, 2.75) is 13.8 Å². The van der Waals surface area contributed by atoms with Gasteiger partial charge in [0.25, 0.3) is 5.91 Å². The Morgan fingerprint density at radius 2 is 1.47 bits per heavy atom. The van der Waals surface area contributed by atoms with Crippen molar-refractivity contribution in [3.63, 3.8) is 0 Å². The summed E-state index contributed by atoms with van der Waals surface area (Å²) in [5.74, 6) is 1.36. The van der Waals surface area contributed by atoms with E-state index in [1.54, 1.807) is 12.1 Å². The van der Waals surface area contributed by atoms with Gasteiger partial charge in [0.05, 0.1) is 0 Å². The van der Waals surface area contributed by atoms with Gasteiger partial charge in [-0.1, -0.05) is 35.9 Å². The number of carbonyl (C=O) groups excluding carboxylic acids is 1. The molecular formula is C24H21N3O3. The molecule has 30 heavy (non-hydrogen) atoms. The van der Waals surface area contributed by atoms with Gasteiger partial charge in [0, 0.05) is 16.8 Å². The molecule has 1 amide bonds. The van der Waals surface area contributed by atoms with E-state index in [1.165, 1.54) is 5.56 Å². The minimum absolute atomic E-state index is 0.0594. The zero-order valence-electron chi connectivity index (χ0n) is 16.8. The number of amides is 1. The van der Waals surface area contributed by atoms with Gasteiger partial charge in [0.15, 0.2) is 6.61 Å². The Hall–Kier alpha value is -3.93. The van der Waals surface area contributed by atoms with Crippen molar-refractivity contribution in [2.24, 2.45) is 0 Å². The number of hydrogen-bond donors (Lipinski definition) is 1. The van der Waals surface area contributed by atoms with E-state index < -0.39 is 0 Å². The summed E-state index contributed by atoms with van der Waals surface area (Å²) < 4.78 is 11.4. The van der Waals surface area contributed by atoms with E-state index in [9.17, 15) is 4.79 Å². The maximum atomic E-state index is 12.2. The van der Waals surface area contributed by atoms with Crippen molar-refractivity contribution in [3.8, 4) is 28.7 Å². The third-order valence-electron chi connectivity index (χ3n) is 4.59. The molecule has 6 nitrogen and oxygen atoms in total. The Balaban J connectivity index is 1.38. The van der Waals surface area contributed by atoms with Crippen molar-refractivity contribution < 1.29 is 13.9 Å². The lowest BCUT2D eigenvalue weighted by Crippen LogP contribution is -2.20. The maximum Gasteiger partial charge on any atom is 0.262 e. The van der Waals surface area contributed by atoms with Gasteiger partial charge in [0.1, 0.15) is 5.75 Å². The molecule has 3 aromatic carbocycles. The van der Waals surface area contributed by atoms with Crippen molar-refractivity contribution >= 4 is 11.6 Å². The second-order valence-electron chi connectivity index (χ2n) is 6.96. The molecule has 4 aromatic rings. The minimum atomic E-state index is -0.231. The Morgan fingerprint density at radius 1 is 0.867 bits per heavy atom. The van der Waals surface area contributed by atoms with Crippen molar-refractivity contribution in [3.05, 3.63) is 83.9 Å². The van der Waals surface area contributed by atoms with Gasteiger partial charge in [-0.25, -0.2) is 0 Å². The second kappa shape index (κ2) is 8.61. The number of carbonyl (C=O) groups is 1. The Kier molecular flexibility index (Phi) is 5.57. The average Bonchev–Trinajstić information content (AvgIpc) is 3.24. The summed E-state index contributed by atoms with van der Waals surface area (Å²) in [6, 6.07) is 22.7. The lowest BCUT2D eigenvalue weighted by molar-refractivity contribution is -0.118. The van der Waals surface area contributed by atoms with E-state index in [-0.39, 0.29) is 12.5 Å². The first-order valence-electron chi connectivity index (χ1n) is 9.58. The van der Waals surface area contributed by atoms with Gasteiger partial charge in [-0.2, -0.15) is 0 Å². The number of hydrogen-bond acceptors (Lipinski definition) is 5. The van der Waals surface area contributed by atoms with Crippen molar-refractivity contribution in [1.29, 1.82) is 0 Å². The van der Waals surface area contributed by atoms with E-state index in [1.807, 2.05) is 74.5 Å². The number of aromatic nitrogens is 2. The molecule has 4 rings (SSSR count). The smallest absolute Gasteiger partial charge is 0.262 e. The topological polar surface area (TPSA) is 77.2 Å². The Bertz CT molecular complexity index is 1150. The molecule has 0 bridgehead atoms. The van der Waals surface area contributed by atoms with Crippen LogP contribution in [0.4, 0.5) is 5.69 Å². The molecule has 1 N–H and O–H groups in total. The molecule has 0 aliphatic heterocycles. The van der Waals surface area contributed by atoms with Gasteiger partial charge in [-0.05, 0) is 61.9 Å². The first kappa shape index (κ1) is 19.4. The fourth-order valence-electron chi connectivity index (χ4n) is 2.91. The molecule has 1 heterocycles. The molecule has 1 aromatic heterocycles. The standard InChI is InChI=1S/C24H21N3O3/c1-16-7-9-18(10-8-16)23-26-27-24(30-23)19-11-13-20(14-12-19)25-22(28)15-29-21-6-4-3-5-17(21)2/h3-14H,15H2,1-2H3,(H,25,28). The number of ether oxygens (including phenoxy) is 1. The van der Waals surface area contributed by atoms with Crippen molar-refractivity contribution in [2.75, 3.05) is 11.9 Å². The molecule has 0 atom stereocenters. The highest BCUT2D eigenvalue weighted by molar-refractivity contribution is 5.92. The third kappa shape index (κ3) is 4.55. The molecule has 0 unspecified atom stereocenters. The first-order chi connectivity index (χ1) is 14.6. The normalized spacial score (nSPS) is 10.6. The summed E-state index contributed by atoms with van der Waals surface area (Å²) in [5.41, 5.74) is 4.46. The zero-order valence-corrected chi connectivity index (χ0v) is 16.8. The number of anilines is 1. The summed E-state index contributed by atoms with van der Waals surface area (Å²) >= 11 is 0. The summed E-state index contributed by atoms with van der Waals surface area (Å²) in [4.78, 5) is 12.2. The predicted molar refractivity (Wildman–Crippen MR) is 115 cm³/mol. The number of nitrogens with zero attached hydrogens (tertiary/aromatic N) is 2. The van der Waals surface area contributed by atoms with E-state index in [4.69, 9.17) is 9.15 Å². The molecular weight excluding hydrogens is 378 g/mol. The molecule has 0 aliphatic carbocycles. The lowest BCUT2D eigenvalue weighted by Gasteiger charge is -2.09. The molecule has 0 saturated carbocycles. The highest BCUT2D eigenvalue weighted by Gasteiger charge is 2.11. The number of rotatable bonds is 6. The molecule has 150 valence electrons. The van der Waals surface area contributed by atoms with Gasteiger partial charge in [-0.3, -0.25) is 4.79 Å². The van der Waals surface area contributed by atoms with Crippen LogP contribution in [0.15, 0.2) is 77.2 Å². The predicted octanol–water partition coefficient (Wildman–Crippen LogP) is 5.04. The largest absolute Gasteiger partial charge is 0.483 e. The van der Waals surface area contributed by atoms with Crippen molar-refractivity contribution in [1.82, 2.24) is 10.2 Å². The van der Waals surface area contributed by atoms with Crippen LogP contribution in [0.25, 0.3) is 22.9 Å². The highest BCUT2D eigenvalue weighted by atomic mass is 16.5. The molecule has 0 fully saturated rings. The Morgan fingerprint density at radius 3 is 2.10 bits per heavy atom. The van der Waals surface area contributed by atoms with Gasteiger partial charge in [-0.15, -0.1) is 10.2 Å². The van der Waals surface area contributed by atoms with Crippen LogP contribution in [0.3, 0.4) is 0 Å². The average molecular weight is 399 g/mol. The number of nitrogens with one attached hydrogen (secondary N) is 1. The van der Waals surface area contributed by atoms with Crippen LogP contribution in [0.2, 0.25) is 0 Å². The number of para-hydroxylation sites is 1. The molecule has 0 radical (unpaired) electrons. The van der Waals surface area contributed by atoms with Gasteiger partial charge < -0.3 is 14.5 Å². The fraction of sp³-hybridized carbons (Fsp3) is 0.125. The zero-order chi connectivity index (χ0) is 20.9. The van der Waals surface area contributed by atoms with Crippen LogP contribution in [-0.4, -0.2) is 22.7 Å². The van der Waals surface area contributed by atoms with Crippen LogP contribution in [0.5, 0.6) is 5.75 Å². The summed E-state index contributed by atoms with van der Waals surface area (Å²) in [7, 11) is 0. The number of aryl methyl sites for hydroxylation is 2. The van der Waals surface area contributed by atoms with E-state index in [0.717, 1.165) is 16.7 Å². The van der Waals surface area contributed by atoms with E-state index >= 15 is 0 Å². The fourth-order valence-corrected chi connectivity index (χ4v) is 2.91. The highest BCUT2D eigenvalue weighted by Crippen LogP contribution is 2.25. The van der Waals surface area contributed by atoms with Gasteiger partial charge in [0.2, 0.25) is 11.8 Å². The number of benzene rings is 3. The van der Waals surface area contributed by atoms with E-state index in [2.05, 4.69) is 15.5 Å². The quantitative estimate of drug-likeness (QED) is 0.492. The monoisotopic (exact) mass is 399 g/mol. The summed E-state index contributed by atoms with van der Waals surface area (Å²) in [6.07, 6.45) is 0. The van der Waals surface area contributed by atoms with E-state index in [0.29, 0.717) is 23.2 Å². The maximum absolute atomic E-state index is 12.2. The molecule has 6 heteroatoms. The summed E-state index contributed by atoms with van der Waals surface area (Å²) in [6.45, 7) is 3.90. The lowest BCUT2D eigenvalue weighted by atomic mass is 10.1. The first-order valence-corrected chi connectivity index (χ1v) is 9.58. The van der Waals surface area contributed by atoms with Crippen LogP contribution in [0.1, 0.15) is 11.1 Å². The van der Waals surface area contributed by atoms with Crippen LogP contribution < -0.4 is 10.1 Å². The molecule has 0 aliphatic rings. The van der Waals surface area contributed by atoms with Crippen LogP contribution >= 0.6 is 0 Å². The summed E-state index contributed by atoms with van der Waals surface area (Å²) in [5, 5.41) is 11.1. The third-order valence-corrected chi connectivity index (χ3v) is 4.59. The second-order valence-corrected chi connectivity index (χ2v) is 6.96. The van der Waals surface area contributed by atoms with Gasteiger partial charge >= 0.3 is 0 Å². The SMILES string of the molecule is Cc1ccc(-c2nnc(-c3ccc(NC(=O)COc4ccccc4C)cc3)o2)cc1. The molecule has 0 saturated heterocycles. The van der Waals surface area contributed by atoms with Crippen LogP contribution in [-0.2, 0) is 4.79 Å².